The van der Waals surface area contributed by atoms with Gasteiger partial charge in [-0.25, -0.2) is 0 Å². The Morgan fingerprint density at radius 1 is 0.875 bits per heavy atom. The monoisotopic (exact) mass is 875 g/mol. The number of fused-ring (bicyclic) bond motifs is 6. The number of hydrogen-bond donors (Lipinski definition) is 1. The van der Waals surface area contributed by atoms with Gasteiger partial charge in [-0.05, 0) is 77.1 Å². The number of rotatable bonds is 8. The molecule has 1 radical (unpaired) electrons. The first kappa shape index (κ1) is 38.4. The van der Waals surface area contributed by atoms with E-state index in [4.69, 9.17) is 4.98 Å². The van der Waals surface area contributed by atoms with Crippen LogP contribution in [0.5, 0.6) is 0 Å². The van der Waals surface area contributed by atoms with Crippen LogP contribution in [0.25, 0.3) is 51.6 Å². The number of carbonyl (C=O) groups excluding carboxylic acids is 1. The molecule has 0 spiro atoms. The van der Waals surface area contributed by atoms with Gasteiger partial charge in [0, 0.05) is 73.3 Å². The number of aromatic nitrogens is 1. The molecule has 0 atom stereocenters. The Kier molecular flexibility index (Phi) is 11.9. The van der Waals surface area contributed by atoms with Gasteiger partial charge < -0.3 is 5.11 Å². The van der Waals surface area contributed by atoms with Crippen molar-refractivity contribution in [1.82, 2.24) is 4.98 Å². The van der Waals surface area contributed by atoms with Crippen molar-refractivity contribution in [3.8, 4) is 11.3 Å². The molecule has 4 aromatic heterocycles. The summed E-state index contributed by atoms with van der Waals surface area (Å²) in [5, 5.41) is 17.5. The van der Waals surface area contributed by atoms with Crippen LogP contribution in [0.4, 0.5) is 0 Å². The Hall–Kier alpha value is -2.41. The average molecular weight is 875 g/mol. The summed E-state index contributed by atoms with van der Waals surface area (Å²) in [4.78, 5) is 18.4. The maximum atomic E-state index is 12.2. The maximum Gasteiger partial charge on any atom is 0.164 e. The van der Waals surface area contributed by atoms with Gasteiger partial charge in [-0.2, -0.15) is 11.3 Å². The molecule has 2 aromatic carbocycles. The van der Waals surface area contributed by atoms with Gasteiger partial charge in [0.25, 0.3) is 0 Å². The van der Waals surface area contributed by atoms with Crippen molar-refractivity contribution >= 4 is 80.1 Å². The normalized spacial score (nSPS) is 12.8. The van der Waals surface area contributed by atoms with E-state index in [1.54, 1.807) is 0 Å². The SMILES string of the molecule is CCC(C)(CC)C(=O)/C=C(\O)C(C)(CC)CC.Cc1cc2ccc3sc4c(-c5[c-]c6ccsc6c(C(C)(C)C)c5)nccc4c3c2s1.[Ir]. The fourth-order valence-corrected chi connectivity index (χ4v) is 9.41. The summed E-state index contributed by atoms with van der Waals surface area (Å²) in [6, 6.07) is 17.2. The molecule has 48 heavy (non-hydrogen) atoms. The summed E-state index contributed by atoms with van der Waals surface area (Å²) in [6.45, 7) is 21.1. The number of benzene rings is 2. The first-order valence-electron chi connectivity index (χ1n) is 16.8. The van der Waals surface area contributed by atoms with Crippen molar-refractivity contribution in [2.45, 2.75) is 100 Å². The van der Waals surface area contributed by atoms with E-state index in [-0.39, 0.29) is 47.9 Å². The van der Waals surface area contributed by atoms with E-state index < -0.39 is 0 Å². The number of ketones is 1. The summed E-state index contributed by atoms with van der Waals surface area (Å²) in [5.74, 6) is 0.286. The van der Waals surface area contributed by atoms with Crippen molar-refractivity contribution in [1.29, 1.82) is 0 Å². The van der Waals surface area contributed by atoms with E-state index >= 15 is 0 Å². The third kappa shape index (κ3) is 7.23. The first-order valence-corrected chi connectivity index (χ1v) is 19.3. The molecule has 4 heterocycles. The molecule has 0 aliphatic carbocycles. The second kappa shape index (κ2) is 14.8. The van der Waals surface area contributed by atoms with Gasteiger partial charge in [0.05, 0.1) is 0 Å². The molecule has 0 amide bonds. The van der Waals surface area contributed by atoms with Crippen LogP contribution >= 0.6 is 34.0 Å². The number of aryl methyl sites for hydroxylation is 1. The zero-order valence-corrected chi connectivity index (χ0v) is 34.7. The van der Waals surface area contributed by atoms with Crippen LogP contribution in [-0.2, 0) is 30.3 Å². The van der Waals surface area contributed by atoms with Crippen LogP contribution in [0.3, 0.4) is 0 Å². The number of nitrogens with zero attached hydrogens (tertiary/aromatic N) is 1. The average Bonchev–Trinajstić information content (AvgIpc) is 3.78. The van der Waals surface area contributed by atoms with E-state index in [1.807, 2.05) is 81.7 Å². The summed E-state index contributed by atoms with van der Waals surface area (Å²) in [6.07, 6.45) is 6.72. The molecule has 0 saturated carbocycles. The van der Waals surface area contributed by atoms with E-state index in [2.05, 4.69) is 75.5 Å². The van der Waals surface area contributed by atoms with E-state index in [0.717, 1.165) is 36.9 Å². The van der Waals surface area contributed by atoms with Gasteiger partial charge in [-0.1, -0.05) is 79.5 Å². The number of hydrogen-bond acceptors (Lipinski definition) is 6. The molecule has 3 nitrogen and oxygen atoms in total. The summed E-state index contributed by atoms with van der Waals surface area (Å²) in [5.41, 5.74) is 2.99. The largest absolute Gasteiger partial charge is 0.512 e. The first-order chi connectivity index (χ1) is 22.2. The smallest absolute Gasteiger partial charge is 0.164 e. The van der Waals surface area contributed by atoms with Crippen molar-refractivity contribution in [3.05, 3.63) is 76.3 Å². The molecule has 6 rings (SSSR count). The molecule has 0 aliphatic heterocycles. The topological polar surface area (TPSA) is 50.2 Å². The Morgan fingerprint density at radius 2 is 1.54 bits per heavy atom. The second-order valence-electron chi connectivity index (χ2n) is 14.3. The maximum absolute atomic E-state index is 12.2. The molecular formula is C41H48IrNO2S3-. The van der Waals surface area contributed by atoms with Crippen LogP contribution in [0.15, 0.2) is 59.8 Å². The van der Waals surface area contributed by atoms with E-state index in [0.29, 0.717) is 0 Å². The van der Waals surface area contributed by atoms with Crippen LogP contribution in [-0.4, -0.2) is 15.9 Å². The number of thiophene rings is 3. The van der Waals surface area contributed by atoms with Crippen LogP contribution < -0.4 is 0 Å². The third-order valence-corrected chi connectivity index (χ3v) is 13.5. The quantitative estimate of drug-likeness (QED) is 0.0941. The number of aliphatic hydroxyl groups excluding tert-OH is 1. The third-order valence-electron chi connectivity index (χ3n) is 10.3. The van der Waals surface area contributed by atoms with Crippen molar-refractivity contribution in [2.24, 2.45) is 10.8 Å². The summed E-state index contributed by atoms with van der Waals surface area (Å²) in [7, 11) is 0. The predicted octanol–water partition coefficient (Wildman–Crippen LogP) is 13.6. The predicted molar refractivity (Wildman–Crippen MR) is 209 cm³/mol. The molecule has 6 aromatic rings. The fraction of sp³-hybridized carbons (Fsp3) is 0.415. The Bertz CT molecular complexity index is 2100. The van der Waals surface area contributed by atoms with E-state index in [1.165, 1.54) is 56.9 Å². The molecule has 7 heteroatoms. The van der Waals surface area contributed by atoms with Gasteiger partial charge in [-0.3, -0.25) is 9.78 Å². The summed E-state index contributed by atoms with van der Waals surface area (Å²) < 4.78 is 5.32. The second-order valence-corrected chi connectivity index (χ2v) is 17.5. The molecule has 0 fully saturated rings. The minimum Gasteiger partial charge on any atom is -0.512 e. The van der Waals surface area contributed by atoms with Crippen molar-refractivity contribution < 1.29 is 30.0 Å². The molecule has 0 bridgehead atoms. The van der Waals surface area contributed by atoms with Crippen molar-refractivity contribution in [2.75, 3.05) is 0 Å². The minimum atomic E-state index is -0.337. The van der Waals surface area contributed by atoms with Crippen molar-refractivity contribution in [3.63, 3.8) is 0 Å². The zero-order chi connectivity index (χ0) is 34.3. The standard InChI is InChI=1S/C26H20NS3.C15H28O2.Ir/c1-14-11-15-5-6-20-21(24(15)29-14)18-7-9-27-22(25(18)30-20)17-12-16-8-10-28-23(16)19(13-17)26(2,3)4;1-7-14(5,8-2)12(16)11-13(17)15(6,9-3)10-4;/h5-11,13H,1-4H3;11,16H,7-10H2,1-6H3;/q-1;;/b;12-11-;. The molecule has 1 N–H and O–H groups in total. The van der Waals surface area contributed by atoms with E-state index in [9.17, 15) is 9.90 Å². The van der Waals surface area contributed by atoms with Gasteiger partial charge in [0.15, 0.2) is 5.78 Å². The van der Waals surface area contributed by atoms with Gasteiger partial charge in [-0.15, -0.1) is 46.3 Å². The molecule has 0 saturated heterocycles. The zero-order valence-electron chi connectivity index (χ0n) is 29.9. The Balaban J connectivity index is 0.000000251. The number of allylic oxidation sites excluding steroid dienone is 2. The Labute approximate surface area is 311 Å². The molecular weight excluding hydrogens is 827 g/mol. The minimum absolute atomic E-state index is 0. The Morgan fingerprint density at radius 3 is 2.17 bits per heavy atom. The van der Waals surface area contributed by atoms with Crippen LogP contribution in [0.2, 0.25) is 0 Å². The number of carbonyl (C=O) groups is 1. The van der Waals surface area contributed by atoms with Gasteiger partial charge >= 0.3 is 0 Å². The molecule has 0 unspecified atom stereocenters. The number of aliphatic hydroxyl groups is 1. The molecule has 0 aliphatic rings. The van der Waals surface area contributed by atoms with Gasteiger partial charge in [0.1, 0.15) is 5.76 Å². The fourth-order valence-electron chi connectivity index (χ4n) is 5.98. The van der Waals surface area contributed by atoms with Crippen LogP contribution in [0.1, 0.15) is 98.4 Å². The summed E-state index contributed by atoms with van der Waals surface area (Å²) >= 11 is 5.55. The van der Waals surface area contributed by atoms with Gasteiger partial charge in [0.2, 0.25) is 0 Å². The molecule has 257 valence electrons. The number of pyridine rings is 1. The van der Waals surface area contributed by atoms with Crippen LogP contribution in [0, 0.1) is 23.8 Å².